The molecule has 124 valence electrons. The Balaban J connectivity index is 1.96. The van der Waals surface area contributed by atoms with Crippen LogP contribution in [-0.2, 0) is 4.74 Å². The number of aryl methyl sites for hydroxylation is 1. The third-order valence-corrected chi connectivity index (χ3v) is 5.82. The van der Waals surface area contributed by atoms with E-state index < -0.39 is 0 Å². The van der Waals surface area contributed by atoms with Crippen molar-refractivity contribution in [3.05, 3.63) is 38.9 Å². The van der Waals surface area contributed by atoms with Crippen LogP contribution >= 0.6 is 38.9 Å². The van der Waals surface area contributed by atoms with Gasteiger partial charge in [0.15, 0.2) is 0 Å². The Kier molecular flexibility index (Phi) is 4.47. The van der Waals surface area contributed by atoms with Gasteiger partial charge >= 0.3 is 0 Å². The van der Waals surface area contributed by atoms with Crippen LogP contribution in [0.5, 0.6) is 0 Å². The van der Waals surface area contributed by atoms with Gasteiger partial charge in [-0.2, -0.15) is 4.98 Å². The largest absolute Gasteiger partial charge is 0.378 e. The molecule has 24 heavy (non-hydrogen) atoms. The molecule has 1 aliphatic rings. The number of hydrogen-bond acceptors (Lipinski definition) is 5. The number of halogens is 2. The fourth-order valence-electron chi connectivity index (χ4n) is 3.04. The van der Waals surface area contributed by atoms with Gasteiger partial charge in [0.1, 0.15) is 10.6 Å². The highest BCUT2D eigenvalue weighted by atomic mass is 79.9. The molecule has 0 aliphatic carbocycles. The maximum Gasteiger partial charge on any atom is 0.225 e. The van der Waals surface area contributed by atoms with E-state index in [9.17, 15) is 0 Å². The predicted molar refractivity (Wildman–Crippen MR) is 103 cm³/mol. The molecule has 1 aromatic carbocycles. The van der Waals surface area contributed by atoms with Crippen LogP contribution in [-0.4, -0.2) is 36.3 Å². The van der Waals surface area contributed by atoms with E-state index in [1.165, 1.54) is 16.0 Å². The van der Waals surface area contributed by atoms with Crippen molar-refractivity contribution in [2.45, 2.75) is 6.92 Å². The Morgan fingerprint density at radius 1 is 1.17 bits per heavy atom. The van der Waals surface area contributed by atoms with E-state index in [1.807, 2.05) is 0 Å². The minimum absolute atomic E-state index is 0.299. The van der Waals surface area contributed by atoms with Crippen LogP contribution < -0.4 is 4.90 Å². The topological polar surface area (TPSA) is 38.2 Å². The highest BCUT2D eigenvalue weighted by Crippen LogP contribution is 2.42. The van der Waals surface area contributed by atoms with Crippen LogP contribution in [0.3, 0.4) is 0 Å². The fourth-order valence-corrected chi connectivity index (χ4v) is 4.55. The maximum atomic E-state index is 6.19. The number of fused-ring (bicyclic) bond motifs is 1. The lowest BCUT2D eigenvalue weighted by Gasteiger charge is -2.28. The first-order valence-corrected chi connectivity index (χ1v) is 9.67. The summed E-state index contributed by atoms with van der Waals surface area (Å²) in [7, 11) is 0. The third-order valence-electron chi connectivity index (χ3n) is 4.12. The summed E-state index contributed by atoms with van der Waals surface area (Å²) < 4.78 is 6.54. The second-order valence-electron chi connectivity index (χ2n) is 5.64. The van der Waals surface area contributed by atoms with Crippen LogP contribution in [0.4, 0.5) is 5.82 Å². The minimum atomic E-state index is 0.299. The quantitative estimate of drug-likeness (QED) is 0.547. The van der Waals surface area contributed by atoms with Crippen LogP contribution in [0.2, 0.25) is 5.28 Å². The number of nitrogens with zero attached hydrogens (tertiary/aromatic N) is 3. The van der Waals surface area contributed by atoms with Gasteiger partial charge in [-0.3, -0.25) is 0 Å². The number of anilines is 1. The Morgan fingerprint density at radius 2 is 1.88 bits per heavy atom. The Hall–Kier alpha value is -1.21. The first-order valence-electron chi connectivity index (χ1n) is 7.69. The van der Waals surface area contributed by atoms with Crippen LogP contribution in [0, 0.1) is 6.92 Å². The molecule has 1 aliphatic heterocycles. The predicted octanol–water partition coefficient (Wildman–Crippen LogP) is 4.92. The minimum Gasteiger partial charge on any atom is -0.378 e. The van der Waals surface area contributed by atoms with Gasteiger partial charge in [-0.15, -0.1) is 11.3 Å². The van der Waals surface area contributed by atoms with Crippen LogP contribution in [0.15, 0.2) is 28.7 Å². The number of ether oxygens (including phenoxy) is 1. The molecule has 0 saturated carbocycles. The van der Waals surface area contributed by atoms with Gasteiger partial charge in [-0.05, 0) is 36.2 Å². The molecule has 0 atom stereocenters. The first kappa shape index (κ1) is 16.3. The Morgan fingerprint density at radius 3 is 2.58 bits per heavy atom. The third kappa shape index (κ3) is 2.92. The summed E-state index contributed by atoms with van der Waals surface area (Å²) >= 11 is 11.4. The van der Waals surface area contributed by atoms with E-state index >= 15 is 0 Å². The second-order valence-corrected chi connectivity index (χ2v) is 8.09. The van der Waals surface area contributed by atoms with Gasteiger partial charge in [0.2, 0.25) is 5.28 Å². The summed E-state index contributed by atoms with van der Waals surface area (Å²) in [6.07, 6.45) is 0. The van der Waals surface area contributed by atoms with Crippen molar-refractivity contribution in [3.63, 3.8) is 0 Å². The van der Waals surface area contributed by atoms with Crippen molar-refractivity contribution in [1.82, 2.24) is 9.97 Å². The van der Waals surface area contributed by atoms with E-state index in [4.69, 9.17) is 16.3 Å². The van der Waals surface area contributed by atoms with E-state index in [-0.39, 0.29) is 0 Å². The lowest BCUT2D eigenvalue weighted by molar-refractivity contribution is 0.122. The average molecular weight is 425 g/mol. The van der Waals surface area contributed by atoms with Crippen molar-refractivity contribution in [2.24, 2.45) is 0 Å². The van der Waals surface area contributed by atoms with Crippen molar-refractivity contribution < 1.29 is 4.74 Å². The Labute approximate surface area is 157 Å². The molecule has 3 aromatic rings. The SMILES string of the molecule is Cc1sc2nc(Cl)nc(N3CCOCC3)c2c1-c1ccc(Br)cc1. The monoisotopic (exact) mass is 423 g/mol. The molecular weight excluding hydrogens is 410 g/mol. The van der Waals surface area contributed by atoms with Gasteiger partial charge in [0.05, 0.1) is 18.6 Å². The summed E-state index contributed by atoms with van der Waals surface area (Å²) in [5, 5.41) is 1.39. The zero-order valence-corrected chi connectivity index (χ0v) is 16.2. The molecule has 3 heterocycles. The molecule has 7 heteroatoms. The summed E-state index contributed by atoms with van der Waals surface area (Å²) in [6.45, 7) is 5.18. The standard InChI is InChI=1S/C17H15BrClN3OS/c1-10-13(11-2-4-12(18)5-3-11)14-15(22-6-8-23-9-7-22)20-17(19)21-16(14)24-10/h2-5H,6-9H2,1H3. The van der Waals surface area contributed by atoms with Gasteiger partial charge in [-0.25, -0.2) is 4.98 Å². The fraction of sp³-hybridized carbons (Fsp3) is 0.294. The molecule has 4 nitrogen and oxygen atoms in total. The van der Waals surface area contributed by atoms with Gasteiger partial charge in [0.25, 0.3) is 0 Å². The number of morpholine rings is 1. The molecule has 1 fully saturated rings. The summed E-state index contributed by atoms with van der Waals surface area (Å²) in [5.41, 5.74) is 2.36. The van der Waals surface area contributed by atoms with Gasteiger partial charge in [-0.1, -0.05) is 28.1 Å². The van der Waals surface area contributed by atoms with E-state index in [0.717, 1.165) is 33.6 Å². The number of aromatic nitrogens is 2. The number of benzene rings is 1. The van der Waals surface area contributed by atoms with E-state index in [1.54, 1.807) is 11.3 Å². The second kappa shape index (κ2) is 6.59. The van der Waals surface area contributed by atoms with Crippen molar-refractivity contribution >= 4 is 54.9 Å². The molecule has 0 radical (unpaired) electrons. The molecule has 2 aromatic heterocycles. The zero-order valence-electron chi connectivity index (χ0n) is 13.1. The number of rotatable bonds is 2. The summed E-state index contributed by atoms with van der Waals surface area (Å²) in [6, 6.07) is 8.36. The van der Waals surface area contributed by atoms with Crippen LogP contribution in [0.25, 0.3) is 21.3 Å². The molecule has 0 amide bonds. The maximum absolute atomic E-state index is 6.19. The summed E-state index contributed by atoms with van der Waals surface area (Å²) in [4.78, 5) is 13.4. The van der Waals surface area contributed by atoms with Crippen molar-refractivity contribution in [1.29, 1.82) is 0 Å². The molecule has 0 bridgehead atoms. The molecule has 1 saturated heterocycles. The smallest absolute Gasteiger partial charge is 0.225 e. The van der Waals surface area contributed by atoms with Crippen molar-refractivity contribution in [2.75, 3.05) is 31.2 Å². The van der Waals surface area contributed by atoms with E-state index in [0.29, 0.717) is 18.5 Å². The molecule has 0 unspecified atom stereocenters. The zero-order chi connectivity index (χ0) is 16.7. The average Bonchev–Trinajstić information content (AvgIpc) is 2.91. The molecule has 4 rings (SSSR count). The highest BCUT2D eigenvalue weighted by Gasteiger charge is 2.23. The molecule has 0 N–H and O–H groups in total. The molecule has 0 spiro atoms. The van der Waals surface area contributed by atoms with Crippen LogP contribution in [0.1, 0.15) is 4.88 Å². The first-order chi connectivity index (χ1) is 11.6. The Bertz CT molecular complexity index is 891. The van der Waals surface area contributed by atoms with Crippen molar-refractivity contribution in [3.8, 4) is 11.1 Å². The lowest BCUT2D eigenvalue weighted by Crippen LogP contribution is -2.37. The number of thiophene rings is 1. The number of hydrogen-bond donors (Lipinski definition) is 0. The highest BCUT2D eigenvalue weighted by molar-refractivity contribution is 9.10. The lowest BCUT2D eigenvalue weighted by atomic mass is 10.0. The van der Waals surface area contributed by atoms with Gasteiger partial charge in [0, 0.05) is 28.0 Å². The van der Waals surface area contributed by atoms with Gasteiger partial charge < -0.3 is 9.64 Å². The summed E-state index contributed by atoms with van der Waals surface area (Å²) in [5.74, 6) is 0.913. The van der Waals surface area contributed by atoms with E-state index in [2.05, 4.69) is 62.0 Å². The molecular formula is C17H15BrClN3OS. The normalized spacial score (nSPS) is 15.2.